The van der Waals surface area contributed by atoms with Crippen molar-refractivity contribution in [3.05, 3.63) is 58.6 Å². The molecule has 0 bridgehead atoms. The van der Waals surface area contributed by atoms with E-state index in [2.05, 4.69) is 0 Å². The Morgan fingerprint density at radius 2 is 1.81 bits per heavy atom. The first-order chi connectivity index (χ1) is 10.1. The number of aliphatic hydroxyl groups is 1. The zero-order valence-corrected chi connectivity index (χ0v) is 11.5. The Labute approximate surface area is 124 Å². The summed E-state index contributed by atoms with van der Waals surface area (Å²) >= 11 is 5.85. The molecule has 2 unspecified atom stereocenters. The lowest BCUT2D eigenvalue weighted by Gasteiger charge is -2.30. The van der Waals surface area contributed by atoms with Crippen molar-refractivity contribution in [1.29, 1.82) is 0 Å². The number of halogens is 3. The van der Waals surface area contributed by atoms with E-state index in [4.69, 9.17) is 21.1 Å². The molecule has 2 atom stereocenters. The molecule has 1 aliphatic rings. The lowest BCUT2D eigenvalue weighted by molar-refractivity contribution is -0.0114. The van der Waals surface area contributed by atoms with Gasteiger partial charge in [-0.2, -0.15) is 0 Å². The molecule has 0 fully saturated rings. The van der Waals surface area contributed by atoms with Gasteiger partial charge in [-0.25, -0.2) is 8.78 Å². The van der Waals surface area contributed by atoms with Crippen molar-refractivity contribution in [2.24, 2.45) is 0 Å². The van der Waals surface area contributed by atoms with Crippen molar-refractivity contribution in [2.75, 3.05) is 6.61 Å². The molecule has 2 aromatic rings. The molecule has 0 saturated carbocycles. The van der Waals surface area contributed by atoms with E-state index in [0.29, 0.717) is 11.5 Å². The minimum absolute atomic E-state index is 0.0588. The van der Waals surface area contributed by atoms with Crippen molar-refractivity contribution in [1.82, 2.24) is 0 Å². The maximum absolute atomic E-state index is 13.3. The van der Waals surface area contributed by atoms with Crippen LogP contribution in [0.1, 0.15) is 11.7 Å². The van der Waals surface area contributed by atoms with E-state index in [0.717, 1.165) is 12.1 Å². The van der Waals surface area contributed by atoms with Gasteiger partial charge in [-0.05, 0) is 24.3 Å². The number of benzene rings is 2. The molecule has 110 valence electrons. The average molecular weight is 313 g/mol. The standard InChI is InChI=1S/C15H11ClF2O3/c16-9-6-11(18)10(17)5-8(9)15(19)14-7-20-12-3-1-2-4-13(12)21-14/h1-6,14-15,19H,7H2. The van der Waals surface area contributed by atoms with E-state index in [-0.39, 0.29) is 17.2 Å². The molecule has 21 heavy (non-hydrogen) atoms. The predicted octanol–water partition coefficient (Wildman–Crippen LogP) is 3.49. The summed E-state index contributed by atoms with van der Waals surface area (Å²) in [5.41, 5.74) is 0.0588. The van der Waals surface area contributed by atoms with Gasteiger partial charge in [-0.1, -0.05) is 23.7 Å². The fraction of sp³-hybridized carbons (Fsp3) is 0.200. The number of hydrogen-bond acceptors (Lipinski definition) is 3. The van der Waals surface area contributed by atoms with Crippen molar-refractivity contribution in [2.45, 2.75) is 12.2 Å². The van der Waals surface area contributed by atoms with Crippen molar-refractivity contribution in [3.8, 4) is 11.5 Å². The Kier molecular flexibility index (Phi) is 3.69. The quantitative estimate of drug-likeness (QED) is 0.863. The number of hydrogen-bond donors (Lipinski definition) is 1. The Morgan fingerprint density at radius 3 is 2.57 bits per heavy atom. The van der Waals surface area contributed by atoms with Gasteiger partial charge in [0.25, 0.3) is 0 Å². The highest BCUT2D eigenvalue weighted by molar-refractivity contribution is 6.31. The van der Waals surface area contributed by atoms with Crippen LogP contribution in [0.15, 0.2) is 36.4 Å². The summed E-state index contributed by atoms with van der Waals surface area (Å²) in [6.07, 6.45) is -2.00. The van der Waals surface area contributed by atoms with Crippen LogP contribution in [-0.4, -0.2) is 17.8 Å². The van der Waals surface area contributed by atoms with Gasteiger partial charge >= 0.3 is 0 Å². The largest absolute Gasteiger partial charge is 0.486 e. The maximum Gasteiger partial charge on any atom is 0.163 e. The van der Waals surface area contributed by atoms with Crippen LogP contribution in [0.4, 0.5) is 8.78 Å². The number of aliphatic hydroxyl groups excluding tert-OH is 1. The number of ether oxygens (including phenoxy) is 2. The lowest BCUT2D eigenvalue weighted by atomic mass is 10.0. The zero-order chi connectivity index (χ0) is 15.0. The summed E-state index contributed by atoms with van der Waals surface area (Å²) < 4.78 is 37.5. The molecule has 1 heterocycles. The summed E-state index contributed by atoms with van der Waals surface area (Å²) in [5, 5.41) is 10.2. The topological polar surface area (TPSA) is 38.7 Å². The minimum atomic E-state index is -1.24. The highest BCUT2D eigenvalue weighted by Crippen LogP contribution is 2.36. The molecule has 2 aromatic carbocycles. The molecular formula is C15H11ClF2O3. The highest BCUT2D eigenvalue weighted by Gasteiger charge is 2.30. The third-order valence-electron chi connectivity index (χ3n) is 3.24. The van der Waals surface area contributed by atoms with Gasteiger partial charge in [0.15, 0.2) is 29.2 Å². The molecule has 0 aromatic heterocycles. The van der Waals surface area contributed by atoms with E-state index in [9.17, 15) is 13.9 Å². The van der Waals surface area contributed by atoms with Crippen LogP contribution in [0.2, 0.25) is 5.02 Å². The van der Waals surface area contributed by atoms with Crippen LogP contribution >= 0.6 is 11.6 Å². The van der Waals surface area contributed by atoms with E-state index in [1.54, 1.807) is 24.3 Å². The van der Waals surface area contributed by atoms with Crippen LogP contribution in [0.3, 0.4) is 0 Å². The van der Waals surface area contributed by atoms with Crippen LogP contribution < -0.4 is 9.47 Å². The second-order valence-electron chi connectivity index (χ2n) is 4.65. The van der Waals surface area contributed by atoms with Gasteiger partial charge in [-0.3, -0.25) is 0 Å². The van der Waals surface area contributed by atoms with Crippen molar-refractivity contribution < 1.29 is 23.4 Å². The summed E-state index contributed by atoms with van der Waals surface area (Å²) in [5.74, 6) is -1.10. The Hall–Kier alpha value is -1.85. The highest BCUT2D eigenvalue weighted by atomic mass is 35.5. The Bertz CT molecular complexity index is 678. The predicted molar refractivity (Wildman–Crippen MR) is 72.7 cm³/mol. The van der Waals surface area contributed by atoms with Gasteiger partial charge in [-0.15, -0.1) is 0 Å². The summed E-state index contributed by atoms with van der Waals surface area (Å²) in [4.78, 5) is 0. The van der Waals surface area contributed by atoms with E-state index < -0.39 is 23.8 Å². The van der Waals surface area contributed by atoms with E-state index >= 15 is 0 Å². The first kappa shape index (κ1) is 14.1. The summed E-state index contributed by atoms with van der Waals surface area (Å²) in [6.45, 7) is 0.0769. The van der Waals surface area contributed by atoms with Crippen LogP contribution in [-0.2, 0) is 0 Å². The molecule has 6 heteroatoms. The van der Waals surface area contributed by atoms with E-state index in [1.165, 1.54) is 0 Å². The van der Waals surface area contributed by atoms with Gasteiger partial charge in [0.1, 0.15) is 12.7 Å². The first-order valence-corrected chi connectivity index (χ1v) is 6.65. The maximum atomic E-state index is 13.3. The average Bonchev–Trinajstić information content (AvgIpc) is 2.50. The summed E-state index contributed by atoms with van der Waals surface area (Å²) in [7, 11) is 0. The number of rotatable bonds is 2. The first-order valence-electron chi connectivity index (χ1n) is 6.27. The molecule has 1 N–H and O–H groups in total. The van der Waals surface area contributed by atoms with Gasteiger partial charge in [0.05, 0.1) is 0 Å². The van der Waals surface area contributed by atoms with Gasteiger partial charge in [0, 0.05) is 10.6 Å². The third-order valence-corrected chi connectivity index (χ3v) is 3.57. The molecule has 0 radical (unpaired) electrons. The molecule has 0 saturated heterocycles. The molecule has 3 nitrogen and oxygen atoms in total. The molecule has 0 amide bonds. The SMILES string of the molecule is OC(c1cc(F)c(F)cc1Cl)C1COc2ccccc2O1. The summed E-state index contributed by atoms with van der Waals surface area (Å²) in [6, 6.07) is 8.69. The lowest BCUT2D eigenvalue weighted by Crippen LogP contribution is -2.35. The zero-order valence-electron chi connectivity index (χ0n) is 10.7. The minimum Gasteiger partial charge on any atom is -0.486 e. The molecule has 0 aliphatic carbocycles. The Balaban J connectivity index is 1.87. The normalized spacial score (nSPS) is 18.4. The van der Waals surface area contributed by atoms with Crippen LogP contribution in [0.5, 0.6) is 11.5 Å². The fourth-order valence-electron chi connectivity index (χ4n) is 2.16. The second-order valence-corrected chi connectivity index (χ2v) is 5.05. The molecule has 3 rings (SSSR count). The van der Waals surface area contributed by atoms with Gasteiger partial charge < -0.3 is 14.6 Å². The van der Waals surface area contributed by atoms with Crippen LogP contribution in [0, 0.1) is 11.6 Å². The molecule has 1 aliphatic heterocycles. The monoisotopic (exact) mass is 312 g/mol. The smallest absolute Gasteiger partial charge is 0.163 e. The fourth-order valence-corrected chi connectivity index (χ4v) is 2.42. The number of fused-ring (bicyclic) bond motifs is 1. The number of para-hydroxylation sites is 2. The van der Waals surface area contributed by atoms with Crippen molar-refractivity contribution >= 4 is 11.6 Å². The molecule has 0 spiro atoms. The van der Waals surface area contributed by atoms with Crippen LogP contribution in [0.25, 0.3) is 0 Å². The Morgan fingerprint density at radius 1 is 1.14 bits per heavy atom. The second kappa shape index (κ2) is 5.50. The third kappa shape index (κ3) is 2.66. The van der Waals surface area contributed by atoms with Crippen molar-refractivity contribution in [3.63, 3.8) is 0 Å². The van der Waals surface area contributed by atoms with Gasteiger partial charge in [0.2, 0.25) is 0 Å². The van der Waals surface area contributed by atoms with E-state index in [1.807, 2.05) is 0 Å². The molecular weight excluding hydrogens is 302 g/mol.